The third kappa shape index (κ3) is 1.87. The maximum atomic E-state index is 11.0. The molecule has 1 aliphatic rings. The van der Waals surface area contributed by atoms with E-state index in [2.05, 4.69) is 10.6 Å². The molecule has 5 nitrogen and oxygen atoms in total. The third-order valence-electron chi connectivity index (χ3n) is 1.89. The van der Waals surface area contributed by atoms with E-state index in [0.29, 0.717) is 28.6 Å². The van der Waals surface area contributed by atoms with Gasteiger partial charge in [0.05, 0.1) is 10.7 Å². The van der Waals surface area contributed by atoms with Gasteiger partial charge in [-0.3, -0.25) is 9.59 Å². The van der Waals surface area contributed by atoms with Crippen LogP contribution in [0.1, 0.15) is 0 Å². The van der Waals surface area contributed by atoms with Gasteiger partial charge in [0.2, 0.25) is 6.41 Å². The lowest BCUT2D eigenvalue weighted by Gasteiger charge is -2.19. The van der Waals surface area contributed by atoms with Crippen molar-refractivity contribution in [2.24, 2.45) is 0 Å². The van der Waals surface area contributed by atoms with Gasteiger partial charge in [0.15, 0.2) is 12.4 Å². The van der Waals surface area contributed by atoms with Gasteiger partial charge in [-0.15, -0.1) is 0 Å². The number of nitrogens with one attached hydrogen (secondary N) is 2. The van der Waals surface area contributed by atoms with E-state index in [1.54, 1.807) is 12.1 Å². The first-order valence-electron chi connectivity index (χ1n) is 4.17. The van der Waals surface area contributed by atoms with Crippen LogP contribution >= 0.6 is 11.6 Å². The lowest BCUT2D eigenvalue weighted by molar-refractivity contribution is -0.118. The Morgan fingerprint density at radius 3 is 3.07 bits per heavy atom. The topological polar surface area (TPSA) is 67.4 Å². The highest BCUT2D eigenvalue weighted by Gasteiger charge is 2.19. The predicted molar refractivity (Wildman–Crippen MR) is 55.3 cm³/mol. The number of fused-ring (bicyclic) bond motifs is 1. The van der Waals surface area contributed by atoms with Crippen molar-refractivity contribution in [3.63, 3.8) is 0 Å². The van der Waals surface area contributed by atoms with Crippen molar-refractivity contribution in [3.8, 4) is 5.75 Å². The number of carbonyl (C=O) groups excluding carboxylic acids is 2. The fourth-order valence-electron chi connectivity index (χ4n) is 1.31. The summed E-state index contributed by atoms with van der Waals surface area (Å²) < 4.78 is 5.14. The fraction of sp³-hybridized carbons (Fsp3) is 0.111. The molecule has 6 heteroatoms. The first-order valence-corrected chi connectivity index (χ1v) is 4.55. The van der Waals surface area contributed by atoms with E-state index in [-0.39, 0.29) is 12.5 Å². The Morgan fingerprint density at radius 2 is 2.33 bits per heavy atom. The summed E-state index contributed by atoms with van der Waals surface area (Å²) in [5.74, 6) is 0.175. The summed E-state index contributed by atoms with van der Waals surface area (Å²) in [6.07, 6.45) is 0.531. The molecule has 0 fully saturated rings. The van der Waals surface area contributed by atoms with Gasteiger partial charge in [-0.1, -0.05) is 11.6 Å². The number of benzene rings is 1. The monoisotopic (exact) mass is 226 g/mol. The average Bonchev–Trinajstić information content (AvgIpc) is 2.17. The maximum Gasteiger partial charge on any atom is 0.262 e. The molecule has 0 aromatic heterocycles. The van der Waals surface area contributed by atoms with Gasteiger partial charge in [-0.05, 0) is 12.1 Å². The highest BCUT2D eigenvalue weighted by Crippen LogP contribution is 2.37. The van der Waals surface area contributed by atoms with Gasteiger partial charge in [0.25, 0.3) is 5.91 Å². The molecule has 1 aliphatic heterocycles. The van der Waals surface area contributed by atoms with Crippen LogP contribution in [0.3, 0.4) is 0 Å². The molecule has 0 aliphatic carbocycles. The zero-order valence-corrected chi connectivity index (χ0v) is 8.30. The Hall–Kier alpha value is -1.75. The van der Waals surface area contributed by atoms with Crippen LogP contribution in [0.4, 0.5) is 11.4 Å². The summed E-state index contributed by atoms with van der Waals surface area (Å²) in [7, 11) is 0. The minimum Gasteiger partial charge on any atom is -0.480 e. The summed E-state index contributed by atoms with van der Waals surface area (Å²) in [5.41, 5.74) is 0.961. The third-order valence-corrected chi connectivity index (χ3v) is 2.17. The van der Waals surface area contributed by atoms with Crippen LogP contribution in [0.25, 0.3) is 0 Å². The minimum atomic E-state index is -0.248. The molecule has 0 radical (unpaired) electrons. The van der Waals surface area contributed by atoms with Gasteiger partial charge in [0.1, 0.15) is 0 Å². The molecule has 1 aromatic carbocycles. The SMILES string of the molecule is O=CNc1cc(Cl)c2c(c1)NC(=O)CO2. The van der Waals surface area contributed by atoms with Crippen LogP contribution in [-0.2, 0) is 9.59 Å². The van der Waals surface area contributed by atoms with Crippen LogP contribution < -0.4 is 15.4 Å². The summed E-state index contributed by atoms with van der Waals surface area (Å²) in [6.45, 7) is -0.0484. The molecule has 0 spiro atoms. The predicted octanol–water partition coefficient (Wildman–Crippen LogP) is 1.24. The van der Waals surface area contributed by atoms with Crippen LogP contribution in [0, 0.1) is 0 Å². The van der Waals surface area contributed by atoms with Gasteiger partial charge < -0.3 is 15.4 Å². The van der Waals surface area contributed by atoms with Crippen LogP contribution in [-0.4, -0.2) is 18.9 Å². The Balaban J connectivity index is 2.43. The Labute approximate surface area is 90.4 Å². The first-order chi connectivity index (χ1) is 7.20. The number of rotatable bonds is 2. The summed E-state index contributed by atoms with van der Waals surface area (Å²) in [4.78, 5) is 21.3. The van der Waals surface area contributed by atoms with E-state index >= 15 is 0 Å². The molecular formula is C9H7ClN2O3. The Morgan fingerprint density at radius 1 is 1.53 bits per heavy atom. The smallest absolute Gasteiger partial charge is 0.262 e. The van der Waals surface area contributed by atoms with E-state index in [0.717, 1.165) is 0 Å². The number of hydrogen-bond donors (Lipinski definition) is 2. The second kappa shape index (κ2) is 3.78. The van der Waals surface area contributed by atoms with Crippen molar-refractivity contribution in [2.45, 2.75) is 0 Å². The Bertz CT molecular complexity index is 434. The van der Waals surface area contributed by atoms with E-state index < -0.39 is 0 Å². The summed E-state index contributed by atoms with van der Waals surface area (Å²) in [6, 6.07) is 3.12. The second-order valence-electron chi connectivity index (χ2n) is 2.93. The first kappa shape index (κ1) is 9.79. The van der Waals surface area contributed by atoms with Gasteiger partial charge in [-0.25, -0.2) is 0 Å². The van der Waals surface area contributed by atoms with Gasteiger partial charge >= 0.3 is 0 Å². The summed E-state index contributed by atoms with van der Waals surface area (Å²) in [5, 5.41) is 5.38. The van der Waals surface area contributed by atoms with Gasteiger partial charge in [0, 0.05) is 5.69 Å². The van der Waals surface area contributed by atoms with Crippen molar-refractivity contribution in [2.75, 3.05) is 17.2 Å². The maximum absolute atomic E-state index is 11.0. The molecule has 0 bridgehead atoms. The van der Waals surface area contributed by atoms with Crippen LogP contribution in [0.2, 0.25) is 5.02 Å². The minimum absolute atomic E-state index is 0.0484. The number of anilines is 2. The number of carbonyl (C=O) groups is 2. The molecule has 78 valence electrons. The van der Waals surface area contributed by atoms with E-state index in [9.17, 15) is 9.59 Å². The van der Waals surface area contributed by atoms with Crippen molar-refractivity contribution in [1.29, 1.82) is 0 Å². The molecule has 0 saturated heterocycles. The van der Waals surface area contributed by atoms with E-state index in [1.807, 2.05) is 0 Å². The highest BCUT2D eigenvalue weighted by molar-refractivity contribution is 6.33. The van der Waals surface area contributed by atoms with Crippen LogP contribution in [0.15, 0.2) is 12.1 Å². The zero-order valence-electron chi connectivity index (χ0n) is 7.54. The lowest BCUT2D eigenvalue weighted by atomic mass is 10.2. The molecule has 0 unspecified atom stereocenters. The molecule has 1 heterocycles. The van der Waals surface area contributed by atoms with E-state index in [1.165, 1.54) is 0 Å². The quantitative estimate of drug-likeness (QED) is 0.746. The van der Waals surface area contributed by atoms with Gasteiger partial charge in [-0.2, -0.15) is 0 Å². The average molecular weight is 227 g/mol. The highest BCUT2D eigenvalue weighted by atomic mass is 35.5. The van der Waals surface area contributed by atoms with Crippen molar-refractivity contribution >= 4 is 35.3 Å². The summed E-state index contributed by atoms with van der Waals surface area (Å²) >= 11 is 5.90. The zero-order chi connectivity index (χ0) is 10.8. The van der Waals surface area contributed by atoms with Crippen molar-refractivity contribution < 1.29 is 14.3 Å². The number of amides is 2. The molecule has 1 aromatic rings. The number of hydrogen-bond acceptors (Lipinski definition) is 3. The normalized spacial score (nSPS) is 13.5. The number of halogens is 1. The fourth-order valence-corrected chi connectivity index (χ4v) is 1.58. The van der Waals surface area contributed by atoms with Crippen LogP contribution in [0.5, 0.6) is 5.75 Å². The molecule has 2 amide bonds. The van der Waals surface area contributed by atoms with Crippen molar-refractivity contribution in [1.82, 2.24) is 0 Å². The lowest BCUT2D eigenvalue weighted by Crippen LogP contribution is -2.25. The molecular weight excluding hydrogens is 220 g/mol. The molecule has 2 rings (SSSR count). The van der Waals surface area contributed by atoms with E-state index in [4.69, 9.17) is 16.3 Å². The largest absolute Gasteiger partial charge is 0.480 e. The molecule has 2 N–H and O–H groups in total. The second-order valence-corrected chi connectivity index (χ2v) is 3.34. The number of ether oxygens (including phenoxy) is 1. The Kier molecular flexibility index (Phi) is 2.47. The molecule has 0 saturated carbocycles. The molecule has 0 atom stereocenters. The molecule has 15 heavy (non-hydrogen) atoms. The van der Waals surface area contributed by atoms with Crippen molar-refractivity contribution in [3.05, 3.63) is 17.2 Å². The standard InChI is InChI=1S/C9H7ClN2O3/c10-6-1-5(11-4-13)2-7-9(6)15-3-8(14)12-7/h1-2,4H,3H2,(H,11,13)(H,12,14).